The molecule has 1 fully saturated rings. The van der Waals surface area contributed by atoms with Crippen molar-refractivity contribution in [3.05, 3.63) is 53.2 Å². The molecule has 1 aromatic heterocycles. The average Bonchev–Trinajstić information content (AvgIpc) is 2.64. The molecule has 0 saturated carbocycles. The van der Waals surface area contributed by atoms with Gasteiger partial charge in [-0.1, -0.05) is 23.7 Å². The lowest BCUT2D eigenvalue weighted by atomic mass is 10.1. The van der Waals surface area contributed by atoms with Crippen molar-refractivity contribution >= 4 is 23.3 Å². The molecule has 0 radical (unpaired) electrons. The first kappa shape index (κ1) is 17.5. The lowest BCUT2D eigenvalue weighted by Gasteiger charge is -2.33. The van der Waals surface area contributed by atoms with Gasteiger partial charge in [-0.2, -0.15) is 0 Å². The summed E-state index contributed by atoms with van der Waals surface area (Å²) < 4.78 is 6.02. The van der Waals surface area contributed by atoms with Crippen molar-refractivity contribution in [2.45, 2.75) is 18.9 Å². The van der Waals surface area contributed by atoms with Gasteiger partial charge in [0.2, 0.25) is 0 Å². The smallest absolute Gasteiger partial charge is 0.254 e. The average molecular weight is 360 g/mol. The van der Waals surface area contributed by atoms with E-state index in [1.807, 2.05) is 36.4 Å². The van der Waals surface area contributed by atoms with Crippen molar-refractivity contribution in [1.29, 1.82) is 0 Å². The van der Waals surface area contributed by atoms with E-state index in [0.717, 1.165) is 37.5 Å². The Morgan fingerprint density at radius 1 is 1.20 bits per heavy atom. The minimum atomic E-state index is -0.0362. The molecule has 0 unspecified atom stereocenters. The maximum absolute atomic E-state index is 11.9. The summed E-state index contributed by atoms with van der Waals surface area (Å²) in [5, 5.41) is 0.646. The van der Waals surface area contributed by atoms with E-state index < -0.39 is 0 Å². The number of carbonyl (C=O) groups is 1. The van der Waals surface area contributed by atoms with E-state index >= 15 is 0 Å². The fourth-order valence-corrected chi connectivity index (χ4v) is 3.06. The van der Waals surface area contributed by atoms with Crippen LogP contribution >= 0.6 is 11.6 Å². The summed E-state index contributed by atoms with van der Waals surface area (Å²) >= 11 is 6.15. The van der Waals surface area contributed by atoms with E-state index in [2.05, 4.69) is 9.88 Å². The topological polar surface area (TPSA) is 45.7 Å². The van der Waals surface area contributed by atoms with Crippen molar-refractivity contribution in [2.75, 3.05) is 32.1 Å². The fourth-order valence-electron chi connectivity index (χ4n) is 2.88. The van der Waals surface area contributed by atoms with Crippen LogP contribution < -0.4 is 9.64 Å². The Kier molecular flexibility index (Phi) is 5.43. The molecule has 1 aromatic carbocycles. The van der Waals surface area contributed by atoms with Gasteiger partial charge in [0, 0.05) is 46.2 Å². The minimum Gasteiger partial charge on any atom is -0.489 e. The van der Waals surface area contributed by atoms with Gasteiger partial charge in [-0.15, -0.1) is 0 Å². The molecule has 5 nitrogen and oxygen atoms in total. The number of nitrogens with zero attached hydrogens (tertiary/aromatic N) is 3. The Hall–Kier alpha value is -2.27. The quantitative estimate of drug-likeness (QED) is 0.838. The van der Waals surface area contributed by atoms with Crippen LogP contribution in [0.5, 0.6) is 5.75 Å². The molecule has 1 aliphatic rings. The Balaban J connectivity index is 1.57. The molecule has 3 rings (SSSR count). The lowest BCUT2D eigenvalue weighted by molar-refractivity contribution is 0.0827. The van der Waals surface area contributed by atoms with Crippen LogP contribution in [0.4, 0.5) is 5.82 Å². The van der Waals surface area contributed by atoms with E-state index in [1.165, 1.54) is 0 Å². The molecule has 1 saturated heterocycles. The summed E-state index contributed by atoms with van der Waals surface area (Å²) in [6, 6.07) is 11.3. The molecule has 0 N–H and O–H groups in total. The van der Waals surface area contributed by atoms with Gasteiger partial charge >= 0.3 is 0 Å². The maximum atomic E-state index is 11.9. The first-order valence-corrected chi connectivity index (χ1v) is 8.76. The third-order valence-electron chi connectivity index (χ3n) is 4.30. The van der Waals surface area contributed by atoms with Crippen LogP contribution in [0, 0.1) is 0 Å². The number of pyridine rings is 1. The first-order chi connectivity index (χ1) is 12.0. The number of aromatic nitrogens is 1. The van der Waals surface area contributed by atoms with Crippen LogP contribution in [0.25, 0.3) is 0 Å². The Bertz CT molecular complexity index is 726. The second-order valence-electron chi connectivity index (χ2n) is 6.34. The predicted octanol–water partition coefficient (Wildman–Crippen LogP) is 3.48. The number of benzene rings is 1. The van der Waals surface area contributed by atoms with Gasteiger partial charge in [-0.05, 0) is 24.3 Å². The van der Waals surface area contributed by atoms with E-state index in [-0.39, 0.29) is 12.0 Å². The van der Waals surface area contributed by atoms with Crippen molar-refractivity contribution in [3.63, 3.8) is 0 Å². The lowest BCUT2D eigenvalue weighted by Crippen LogP contribution is -2.38. The summed E-state index contributed by atoms with van der Waals surface area (Å²) in [4.78, 5) is 20.1. The molecule has 2 aromatic rings. The van der Waals surface area contributed by atoms with E-state index in [4.69, 9.17) is 16.3 Å². The van der Waals surface area contributed by atoms with E-state index in [9.17, 15) is 4.79 Å². The molecular weight excluding hydrogens is 338 g/mol. The second kappa shape index (κ2) is 7.74. The van der Waals surface area contributed by atoms with E-state index in [0.29, 0.717) is 10.6 Å². The largest absolute Gasteiger partial charge is 0.489 e. The molecule has 1 amide bonds. The van der Waals surface area contributed by atoms with Crippen LogP contribution in [-0.2, 0) is 0 Å². The molecule has 2 heterocycles. The Morgan fingerprint density at radius 2 is 1.92 bits per heavy atom. The molecule has 0 aliphatic carbocycles. The summed E-state index contributed by atoms with van der Waals surface area (Å²) in [5.41, 5.74) is 0.602. The molecule has 132 valence electrons. The molecule has 0 bridgehead atoms. The Labute approximate surface area is 153 Å². The molecule has 0 atom stereocenters. The third-order valence-corrected chi connectivity index (χ3v) is 4.61. The summed E-state index contributed by atoms with van der Waals surface area (Å²) in [5.74, 6) is 1.60. The van der Waals surface area contributed by atoms with E-state index in [1.54, 1.807) is 25.2 Å². The van der Waals surface area contributed by atoms with Gasteiger partial charge in [-0.25, -0.2) is 4.98 Å². The van der Waals surface area contributed by atoms with Crippen LogP contribution in [0.1, 0.15) is 23.2 Å². The number of amides is 1. The third kappa shape index (κ3) is 4.23. The number of anilines is 1. The van der Waals surface area contributed by atoms with Crippen LogP contribution in [0.15, 0.2) is 42.6 Å². The zero-order chi connectivity index (χ0) is 17.8. The maximum Gasteiger partial charge on any atom is 0.254 e. The number of hydrogen-bond acceptors (Lipinski definition) is 4. The summed E-state index contributed by atoms with van der Waals surface area (Å²) in [7, 11) is 3.47. The van der Waals surface area contributed by atoms with Crippen molar-refractivity contribution in [3.8, 4) is 5.75 Å². The van der Waals surface area contributed by atoms with Crippen molar-refractivity contribution in [1.82, 2.24) is 9.88 Å². The van der Waals surface area contributed by atoms with Gasteiger partial charge < -0.3 is 14.5 Å². The zero-order valence-electron chi connectivity index (χ0n) is 14.5. The standard InChI is InChI=1S/C19H22ClN3O2/c1-22(2)19(24)14-7-8-18(21-13-14)23-11-9-15(10-12-23)25-17-6-4-3-5-16(17)20/h3-8,13,15H,9-12H2,1-2H3. The minimum absolute atomic E-state index is 0.0362. The zero-order valence-corrected chi connectivity index (χ0v) is 15.2. The molecule has 25 heavy (non-hydrogen) atoms. The first-order valence-electron chi connectivity index (χ1n) is 8.38. The molecular formula is C19H22ClN3O2. The van der Waals surface area contributed by atoms with Gasteiger partial charge in [0.15, 0.2) is 0 Å². The summed E-state index contributed by atoms with van der Waals surface area (Å²) in [6.07, 6.45) is 3.62. The molecule has 0 spiro atoms. The number of hydrogen-bond donors (Lipinski definition) is 0. The van der Waals surface area contributed by atoms with Gasteiger partial charge in [0.1, 0.15) is 17.7 Å². The van der Waals surface area contributed by atoms with Gasteiger partial charge in [-0.3, -0.25) is 4.79 Å². The molecule has 1 aliphatic heterocycles. The highest BCUT2D eigenvalue weighted by Gasteiger charge is 2.22. The highest BCUT2D eigenvalue weighted by Crippen LogP contribution is 2.27. The molecule has 6 heteroatoms. The monoisotopic (exact) mass is 359 g/mol. The van der Waals surface area contributed by atoms with Gasteiger partial charge in [0.05, 0.1) is 10.6 Å². The summed E-state index contributed by atoms with van der Waals surface area (Å²) in [6.45, 7) is 1.73. The Morgan fingerprint density at radius 3 is 2.52 bits per heavy atom. The number of para-hydroxylation sites is 1. The highest BCUT2D eigenvalue weighted by molar-refractivity contribution is 6.32. The number of halogens is 1. The number of carbonyl (C=O) groups excluding carboxylic acids is 1. The van der Waals surface area contributed by atoms with Crippen molar-refractivity contribution in [2.24, 2.45) is 0 Å². The van der Waals surface area contributed by atoms with Crippen LogP contribution in [-0.4, -0.2) is 49.1 Å². The fraction of sp³-hybridized carbons (Fsp3) is 0.368. The van der Waals surface area contributed by atoms with Crippen molar-refractivity contribution < 1.29 is 9.53 Å². The SMILES string of the molecule is CN(C)C(=O)c1ccc(N2CCC(Oc3ccccc3Cl)CC2)nc1. The number of rotatable bonds is 4. The normalized spacial score (nSPS) is 15.1. The number of ether oxygens (including phenoxy) is 1. The van der Waals surface area contributed by atoms with Gasteiger partial charge in [0.25, 0.3) is 5.91 Å². The highest BCUT2D eigenvalue weighted by atomic mass is 35.5. The second-order valence-corrected chi connectivity index (χ2v) is 6.75. The van der Waals surface area contributed by atoms with Crippen LogP contribution in [0.3, 0.4) is 0 Å². The predicted molar refractivity (Wildman–Crippen MR) is 99.6 cm³/mol. The van der Waals surface area contributed by atoms with Crippen LogP contribution in [0.2, 0.25) is 5.02 Å². The number of piperidine rings is 1.